The molecule has 1 amide bonds. The summed E-state index contributed by atoms with van der Waals surface area (Å²) >= 11 is 1.68. The van der Waals surface area contributed by atoms with Crippen LogP contribution in [0, 0.1) is 5.41 Å². The molecule has 2 unspecified atom stereocenters. The fraction of sp³-hybridized carbons (Fsp3) is 0.688. The Bertz CT molecular complexity index is 470. The molecule has 2 heterocycles. The Morgan fingerprint density at radius 1 is 1.43 bits per heavy atom. The van der Waals surface area contributed by atoms with Crippen LogP contribution in [-0.2, 0) is 4.79 Å². The quantitative estimate of drug-likeness (QED) is 0.877. The van der Waals surface area contributed by atoms with Gasteiger partial charge in [0.2, 0.25) is 5.91 Å². The van der Waals surface area contributed by atoms with Crippen LogP contribution in [-0.4, -0.2) is 48.9 Å². The average molecular weight is 309 g/mol. The maximum Gasteiger partial charge on any atom is 0.241 e. The van der Waals surface area contributed by atoms with Crippen molar-refractivity contribution in [2.75, 3.05) is 27.2 Å². The Morgan fingerprint density at radius 3 is 2.67 bits per heavy atom. The normalized spacial score (nSPS) is 23.3. The number of hydrogen-bond donors (Lipinski definition) is 1. The first kappa shape index (κ1) is 16.5. The third kappa shape index (κ3) is 3.84. The van der Waals surface area contributed by atoms with E-state index in [1.54, 1.807) is 11.3 Å². The van der Waals surface area contributed by atoms with Crippen LogP contribution in [0.2, 0.25) is 0 Å². The zero-order valence-corrected chi connectivity index (χ0v) is 14.5. The lowest BCUT2D eigenvalue weighted by atomic mass is 9.91. The van der Waals surface area contributed by atoms with Gasteiger partial charge in [-0.2, -0.15) is 11.3 Å². The van der Waals surface area contributed by atoms with E-state index in [2.05, 4.69) is 61.9 Å². The topological polar surface area (TPSA) is 35.6 Å². The maximum atomic E-state index is 12.7. The molecule has 1 aromatic heterocycles. The van der Waals surface area contributed by atoms with E-state index in [9.17, 15) is 4.79 Å². The molecule has 1 N–H and O–H groups in total. The number of nitrogens with one attached hydrogen (secondary N) is 1. The highest BCUT2D eigenvalue weighted by molar-refractivity contribution is 7.07. The Labute approximate surface area is 132 Å². The van der Waals surface area contributed by atoms with Crippen LogP contribution >= 0.6 is 11.3 Å². The monoisotopic (exact) mass is 309 g/mol. The van der Waals surface area contributed by atoms with Crippen molar-refractivity contribution in [1.29, 1.82) is 0 Å². The third-order valence-corrected chi connectivity index (χ3v) is 4.56. The number of rotatable bonds is 6. The van der Waals surface area contributed by atoms with Crippen molar-refractivity contribution < 1.29 is 4.79 Å². The average Bonchev–Trinajstić information content (AvgIpc) is 2.97. The summed E-state index contributed by atoms with van der Waals surface area (Å²) in [5.74, 6) is 0.237. The van der Waals surface area contributed by atoms with Gasteiger partial charge in [-0.15, -0.1) is 0 Å². The predicted octanol–water partition coefficient (Wildman–Crippen LogP) is 2.54. The molecule has 0 bridgehead atoms. The van der Waals surface area contributed by atoms with E-state index in [0.717, 1.165) is 19.5 Å². The van der Waals surface area contributed by atoms with Gasteiger partial charge in [0.25, 0.3) is 0 Å². The Hall–Kier alpha value is -0.910. The SMILES string of the molecule is CCC1NC(c2ccsc2)N(CC(C)(C)CN(C)C)C1=O. The molecule has 1 aromatic rings. The number of carbonyl (C=O) groups excluding carboxylic acids is 1. The molecule has 4 nitrogen and oxygen atoms in total. The molecule has 2 atom stereocenters. The molecule has 0 aromatic carbocycles. The molecule has 1 aliphatic heterocycles. The minimum Gasteiger partial charge on any atom is -0.321 e. The summed E-state index contributed by atoms with van der Waals surface area (Å²) < 4.78 is 0. The number of thiophene rings is 1. The lowest BCUT2D eigenvalue weighted by molar-refractivity contribution is -0.131. The van der Waals surface area contributed by atoms with E-state index in [0.29, 0.717) is 0 Å². The van der Waals surface area contributed by atoms with Crippen molar-refractivity contribution in [3.05, 3.63) is 22.4 Å². The molecule has 5 heteroatoms. The minimum absolute atomic E-state index is 0.0233. The maximum absolute atomic E-state index is 12.7. The summed E-state index contributed by atoms with van der Waals surface area (Å²) in [6, 6.07) is 2.06. The molecule has 21 heavy (non-hydrogen) atoms. The Morgan fingerprint density at radius 2 is 2.14 bits per heavy atom. The third-order valence-electron chi connectivity index (χ3n) is 3.86. The van der Waals surface area contributed by atoms with Gasteiger partial charge in [-0.25, -0.2) is 0 Å². The molecule has 0 aliphatic carbocycles. The first-order valence-corrected chi connectivity index (χ1v) is 8.51. The summed E-state index contributed by atoms with van der Waals surface area (Å²) in [6.45, 7) is 8.25. The van der Waals surface area contributed by atoms with Gasteiger partial charge >= 0.3 is 0 Å². The number of amides is 1. The van der Waals surface area contributed by atoms with E-state index in [4.69, 9.17) is 0 Å². The lowest BCUT2D eigenvalue weighted by Gasteiger charge is -2.35. The molecule has 0 spiro atoms. The van der Waals surface area contributed by atoms with Crippen LogP contribution in [0.4, 0.5) is 0 Å². The first-order valence-electron chi connectivity index (χ1n) is 7.57. The second-order valence-electron chi connectivity index (χ2n) is 6.95. The van der Waals surface area contributed by atoms with Gasteiger partial charge in [-0.3, -0.25) is 10.1 Å². The highest BCUT2D eigenvalue weighted by atomic mass is 32.1. The molecule has 0 saturated carbocycles. The molecule has 1 fully saturated rings. The fourth-order valence-corrected chi connectivity index (χ4v) is 3.89. The van der Waals surface area contributed by atoms with Crippen molar-refractivity contribution in [2.45, 2.75) is 39.4 Å². The highest BCUT2D eigenvalue weighted by Gasteiger charge is 2.41. The standard InChI is InChI=1S/C16H27N3OS/c1-6-13-15(20)19(11-16(2,3)10-18(4)5)14(17-13)12-7-8-21-9-12/h7-9,13-14,17H,6,10-11H2,1-5H3. The molecule has 0 radical (unpaired) electrons. The molecule has 118 valence electrons. The summed E-state index contributed by atoms with van der Waals surface area (Å²) in [5.41, 5.74) is 1.27. The predicted molar refractivity (Wildman–Crippen MR) is 88.3 cm³/mol. The van der Waals surface area contributed by atoms with Gasteiger partial charge in [0.15, 0.2) is 0 Å². The van der Waals surface area contributed by atoms with Gasteiger partial charge < -0.3 is 9.80 Å². The van der Waals surface area contributed by atoms with Gasteiger partial charge in [0.05, 0.1) is 6.04 Å². The van der Waals surface area contributed by atoms with Crippen molar-refractivity contribution in [1.82, 2.24) is 15.1 Å². The molecular weight excluding hydrogens is 282 g/mol. The van der Waals surface area contributed by atoms with Gasteiger partial charge in [0, 0.05) is 13.1 Å². The summed E-state index contributed by atoms with van der Waals surface area (Å²) in [4.78, 5) is 16.9. The van der Waals surface area contributed by atoms with Crippen LogP contribution in [0.1, 0.15) is 38.9 Å². The van der Waals surface area contributed by atoms with E-state index in [1.807, 2.05) is 4.90 Å². The van der Waals surface area contributed by atoms with E-state index >= 15 is 0 Å². The van der Waals surface area contributed by atoms with Crippen molar-refractivity contribution in [3.8, 4) is 0 Å². The van der Waals surface area contributed by atoms with Crippen LogP contribution < -0.4 is 5.32 Å². The minimum atomic E-state index is -0.0509. The highest BCUT2D eigenvalue weighted by Crippen LogP contribution is 2.31. The second-order valence-corrected chi connectivity index (χ2v) is 7.73. The molecule has 1 aliphatic rings. The van der Waals surface area contributed by atoms with Crippen molar-refractivity contribution in [3.63, 3.8) is 0 Å². The smallest absolute Gasteiger partial charge is 0.241 e. The zero-order chi connectivity index (χ0) is 15.6. The largest absolute Gasteiger partial charge is 0.321 e. The second kappa shape index (κ2) is 6.46. The fourth-order valence-electron chi connectivity index (χ4n) is 3.21. The summed E-state index contributed by atoms with van der Waals surface area (Å²) in [5, 5.41) is 7.70. The van der Waals surface area contributed by atoms with Crippen LogP contribution in [0.5, 0.6) is 0 Å². The van der Waals surface area contributed by atoms with Gasteiger partial charge in [-0.05, 0) is 48.3 Å². The van der Waals surface area contributed by atoms with Crippen LogP contribution in [0.3, 0.4) is 0 Å². The summed E-state index contributed by atoms with van der Waals surface area (Å²) in [7, 11) is 4.16. The van der Waals surface area contributed by atoms with Crippen LogP contribution in [0.15, 0.2) is 16.8 Å². The number of carbonyl (C=O) groups is 1. The molecule has 1 saturated heterocycles. The Balaban J connectivity index is 2.19. The van der Waals surface area contributed by atoms with Gasteiger partial charge in [-0.1, -0.05) is 20.8 Å². The van der Waals surface area contributed by atoms with E-state index < -0.39 is 0 Å². The van der Waals surface area contributed by atoms with Gasteiger partial charge in [0.1, 0.15) is 6.17 Å². The van der Waals surface area contributed by atoms with Crippen molar-refractivity contribution >= 4 is 17.2 Å². The van der Waals surface area contributed by atoms with E-state index in [-0.39, 0.29) is 23.5 Å². The number of hydrogen-bond acceptors (Lipinski definition) is 4. The van der Waals surface area contributed by atoms with E-state index in [1.165, 1.54) is 5.56 Å². The van der Waals surface area contributed by atoms with Crippen molar-refractivity contribution in [2.24, 2.45) is 5.41 Å². The molecule has 2 rings (SSSR count). The van der Waals surface area contributed by atoms with Crippen LogP contribution in [0.25, 0.3) is 0 Å². The Kier molecular flexibility index (Phi) is 5.07. The molecular formula is C16H27N3OS. The zero-order valence-electron chi connectivity index (χ0n) is 13.7. The summed E-state index contributed by atoms with van der Waals surface area (Å²) in [6.07, 6.45) is 0.861. The number of nitrogens with zero attached hydrogens (tertiary/aromatic N) is 2. The first-order chi connectivity index (χ1) is 9.84. The lowest BCUT2D eigenvalue weighted by Crippen LogP contribution is -2.42.